The number of thioether (sulfide) groups is 1. The Bertz CT molecular complexity index is 1010. The van der Waals surface area contributed by atoms with Crippen LogP contribution in [0.4, 0.5) is 13.2 Å². The fraction of sp³-hybridized carbons (Fsp3) is 0.409. The molecule has 0 saturated carbocycles. The van der Waals surface area contributed by atoms with Crippen LogP contribution in [-0.2, 0) is 15.7 Å². The number of esters is 1. The molecular weight excluding hydrogens is 429 g/mol. The van der Waals surface area contributed by atoms with Crippen molar-refractivity contribution < 1.29 is 27.8 Å². The van der Waals surface area contributed by atoms with Gasteiger partial charge in [-0.2, -0.15) is 13.2 Å². The first kappa shape index (κ1) is 23.1. The Morgan fingerprint density at radius 2 is 1.90 bits per heavy atom. The lowest BCUT2D eigenvalue weighted by Crippen LogP contribution is -2.32. The molecule has 2 aromatic rings. The Labute approximate surface area is 182 Å². The normalized spacial score (nSPS) is 18.2. The summed E-state index contributed by atoms with van der Waals surface area (Å²) in [6.45, 7) is 7.52. The van der Waals surface area contributed by atoms with Gasteiger partial charge in [-0.05, 0) is 43.5 Å². The lowest BCUT2D eigenvalue weighted by atomic mass is 9.89. The number of hydrogen-bond donors (Lipinski definition) is 1. The van der Waals surface area contributed by atoms with Crippen molar-refractivity contribution in [2.45, 2.75) is 51.6 Å². The quantitative estimate of drug-likeness (QED) is 0.370. The molecule has 5 nitrogen and oxygen atoms in total. The lowest BCUT2D eigenvalue weighted by molar-refractivity contribution is -0.146. The van der Waals surface area contributed by atoms with E-state index in [0.717, 1.165) is 40.7 Å². The second kappa shape index (κ2) is 8.90. The minimum absolute atomic E-state index is 0.00447. The summed E-state index contributed by atoms with van der Waals surface area (Å²) in [4.78, 5) is 20.1. The molecule has 31 heavy (non-hydrogen) atoms. The number of nitrogens with zero attached hydrogens (tertiary/aromatic N) is 2. The van der Waals surface area contributed by atoms with Crippen LogP contribution in [0.25, 0.3) is 5.57 Å². The Kier molecular flexibility index (Phi) is 6.64. The first-order valence-electron chi connectivity index (χ1n) is 9.71. The molecule has 1 aromatic carbocycles. The van der Waals surface area contributed by atoms with Crippen molar-refractivity contribution in [3.8, 4) is 0 Å². The van der Waals surface area contributed by atoms with Crippen LogP contribution in [0.3, 0.4) is 0 Å². The monoisotopic (exact) mass is 452 g/mol. The second-order valence-corrected chi connectivity index (χ2v) is 8.74. The first-order chi connectivity index (χ1) is 14.5. The highest BCUT2D eigenvalue weighted by atomic mass is 32.2. The molecule has 9 heteroatoms. The smallest absolute Gasteiger partial charge is 0.433 e. The van der Waals surface area contributed by atoms with Crippen molar-refractivity contribution in [2.75, 3.05) is 5.75 Å². The highest BCUT2D eigenvalue weighted by Crippen LogP contribution is 2.35. The van der Waals surface area contributed by atoms with Crippen molar-refractivity contribution in [1.82, 2.24) is 9.97 Å². The number of aliphatic hydroxyl groups excluding tert-OH is 1. The van der Waals surface area contributed by atoms with Gasteiger partial charge in [0.1, 0.15) is 23.1 Å². The third kappa shape index (κ3) is 5.20. The molecule has 166 valence electrons. The number of halogens is 3. The topological polar surface area (TPSA) is 72.3 Å². The van der Waals surface area contributed by atoms with E-state index in [1.165, 1.54) is 0 Å². The van der Waals surface area contributed by atoms with Crippen LogP contribution in [0.1, 0.15) is 41.3 Å². The van der Waals surface area contributed by atoms with Gasteiger partial charge in [-0.3, -0.25) is 0 Å². The van der Waals surface area contributed by atoms with Crippen molar-refractivity contribution in [3.05, 3.63) is 58.1 Å². The summed E-state index contributed by atoms with van der Waals surface area (Å²) >= 11 is 1.05. The minimum Gasteiger partial charge on any atom is -0.511 e. The van der Waals surface area contributed by atoms with Gasteiger partial charge in [0, 0.05) is 24.3 Å². The summed E-state index contributed by atoms with van der Waals surface area (Å²) in [7, 11) is 0. The molecule has 1 aliphatic rings. The molecule has 0 saturated heterocycles. The molecule has 2 unspecified atom stereocenters. The number of cyclic esters (lactones) is 1. The molecule has 0 amide bonds. The molecule has 0 fully saturated rings. The van der Waals surface area contributed by atoms with Crippen LogP contribution in [0.2, 0.25) is 0 Å². The van der Waals surface area contributed by atoms with E-state index in [9.17, 15) is 23.1 Å². The first-order valence-corrected chi connectivity index (χ1v) is 10.7. The number of benzene rings is 1. The summed E-state index contributed by atoms with van der Waals surface area (Å²) in [5.41, 5.74) is 2.65. The van der Waals surface area contributed by atoms with Gasteiger partial charge in [-0.15, -0.1) is 0 Å². The van der Waals surface area contributed by atoms with Crippen LogP contribution in [-0.4, -0.2) is 32.9 Å². The van der Waals surface area contributed by atoms with E-state index in [2.05, 4.69) is 9.97 Å². The number of carbonyl (C=O) groups is 1. The van der Waals surface area contributed by atoms with E-state index >= 15 is 0 Å². The summed E-state index contributed by atoms with van der Waals surface area (Å²) in [5.74, 6) is -0.555. The van der Waals surface area contributed by atoms with Crippen molar-refractivity contribution >= 4 is 23.3 Å². The van der Waals surface area contributed by atoms with Gasteiger partial charge < -0.3 is 9.84 Å². The van der Waals surface area contributed by atoms with Crippen molar-refractivity contribution in [1.29, 1.82) is 0 Å². The number of carbonyl (C=O) groups excluding carboxylic acids is 1. The molecule has 1 N–H and O–H groups in total. The second-order valence-electron chi connectivity index (χ2n) is 7.75. The van der Waals surface area contributed by atoms with E-state index in [4.69, 9.17) is 4.74 Å². The average Bonchev–Trinajstić information content (AvgIpc) is 2.66. The van der Waals surface area contributed by atoms with Gasteiger partial charge in [0.05, 0.1) is 0 Å². The SMILES string of the molecule is Cc1cc(C)c(C2=C(O)CC(C(C)CSc3nccc(C(F)(F)F)n3)OC2=O)c(C)c1. The predicted molar refractivity (Wildman–Crippen MR) is 112 cm³/mol. The zero-order valence-corrected chi connectivity index (χ0v) is 18.4. The summed E-state index contributed by atoms with van der Waals surface area (Å²) in [6, 6.07) is 4.70. The van der Waals surface area contributed by atoms with Gasteiger partial charge >= 0.3 is 12.1 Å². The lowest BCUT2D eigenvalue weighted by Gasteiger charge is -2.29. The zero-order valence-electron chi connectivity index (χ0n) is 17.6. The van der Waals surface area contributed by atoms with E-state index in [1.807, 2.05) is 32.9 Å². The predicted octanol–water partition coefficient (Wildman–Crippen LogP) is 5.43. The van der Waals surface area contributed by atoms with Crippen molar-refractivity contribution in [2.24, 2.45) is 5.92 Å². The molecule has 3 rings (SSSR count). The maximum Gasteiger partial charge on any atom is 0.433 e. The summed E-state index contributed by atoms with van der Waals surface area (Å²) in [5, 5.41) is 10.7. The van der Waals surface area contributed by atoms with Gasteiger partial charge in [0.15, 0.2) is 5.16 Å². The standard InChI is InChI=1S/C22H23F3N2O3S/c1-11-7-12(2)18(13(3)8-11)19-15(28)9-16(30-20(19)29)14(4)10-31-21-26-6-5-17(27-21)22(23,24)25/h5-8,14,16,28H,9-10H2,1-4H3. The van der Waals surface area contributed by atoms with Crippen LogP contribution in [0.5, 0.6) is 0 Å². The number of alkyl halides is 3. The summed E-state index contributed by atoms with van der Waals surface area (Å²) in [6.07, 6.45) is -3.93. The van der Waals surface area contributed by atoms with Crippen LogP contribution >= 0.6 is 11.8 Å². The highest BCUT2D eigenvalue weighted by Gasteiger charge is 2.35. The fourth-order valence-corrected chi connectivity index (χ4v) is 4.59. The minimum atomic E-state index is -4.54. The number of aryl methyl sites for hydroxylation is 3. The third-order valence-corrected chi connectivity index (χ3v) is 6.25. The van der Waals surface area contributed by atoms with Crippen LogP contribution in [0, 0.1) is 26.7 Å². The molecule has 0 spiro atoms. The molecule has 0 bridgehead atoms. The average molecular weight is 452 g/mol. The van der Waals surface area contributed by atoms with Gasteiger partial charge in [0.2, 0.25) is 0 Å². The molecule has 2 atom stereocenters. The van der Waals surface area contributed by atoms with Crippen LogP contribution < -0.4 is 0 Å². The Morgan fingerprint density at radius 3 is 2.48 bits per heavy atom. The third-order valence-electron chi connectivity index (χ3n) is 5.11. The number of hydrogen-bond acceptors (Lipinski definition) is 6. The van der Waals surface area contributed by atoms with Gasteiger partial charge in [-0.1, -0.05) is 36.4 Å². The number of aliphatic hydroxyl groups is 1. The van der Waals surface area contributed by atoms with Crippen molar-refractivity contribution in [3.63, 3.8) is 0 Å². The van der Waals surface area contributed by atoms with E-state index in [-0.39, 0.29) is 28.8 Å². The molecule has 0 radical (unpaired) electrons. The van der Waals surface area contributed by atoms with Crippen LogP contribution in [0.15, 0.2) is 35.3 Å². The Morgan fingerprint density at radius 1 is 1.26 bits per heavy atom. The van der Waals surface area contributed by atoms with E-state index in [1.54, 1.807) is 6.92 Å². The molecule has 2 heterocycles. The number of aromatic nitrogens is 2. The zero-order chi connectivity index (χ0) is 22.9. The molecule has 1 aromatic heterocycles. The molecule has 0 aliphatic carbocycles. The summed E-state index contributed by atoms with van der Waals surface area (Å²) < 4.78 is 44.0. The maximum atomic E-state index is 12.8. The van der Waals surface area contributed by atoms with Gasteiger partial charge in [-0.25, -0.2) is 14.8 Å². The highest BCUT2D eigenvalue weighted by molar-refractivity contribution is 7.99. The fourth-order valence-electron chi connectivity index (χ4n) is 3.67. The Balaban J connectivity index is 1.73. The molecule has 1 aliphatic heterocycles. The number of ether oxygens (including phenoxy) is 1. The van der Waals surface area contributed by atoms with E-state index in [0.29, 0.717) is 11.3 Å². The van der Waals surface area contributed by atoms with Gasteiger partial charge in [0.25, 0.3) is 0 Å². The Hall–Kier alpha value is -2.55. The largest absolute Gasteiger partial charge is 0.511 e. The molecular formula is C22H23F3N2O3S. The number of rotatable bonds is 5. The maximum absolute atomic E-state index is 12.8. The van der Waals surface area contributed by atoms with E-state index < -0.39 is 23.9 Å².